The first-order chi connectivity index (χ1) is 11.8. The normalized spacial score (nSPS) is 12.8. The van der Waals surface area contributed by atoms with E-state index in [1.165, 1.54) is 6.08 Å². The Kier molecular flexibility index (Phi) is 8.18. The van der Waals surface area contributed by atoms with E-state index in [4.69, 9.17) is 9.84 Å². The highest BCUT2D eigenvalue weighted by molar-refractivity contribution is 5.89. The number of carboxylic acid groups (broad SMARTS) is 1. The molecule has 0 saturated carbocycles. The predicted octanol–water partition coefficient (Wildman–Crippen LogP) is 2.08. The average Bonchev–Trinajstić information content (AvgIpc) is 2.57. The van der Waals surface area contributed by atoms with Gasteiger partial charge in [0.1, 0.15) is 18.7 Å². The molecule has 0 aliphatic rings. The monoisotopic (exact) mass is 348 g/mol. The summed E-state index contributed by atoms with van der Waals surface area (Å²) in [7, 11) is 0. The molecule has 25 heavy (non-hydrogen) atoms. The van der Waals surface area contributed by atoms with Crippen LogP contribution in [-0.2, 0) is 20.9 Å². The van der Waals surface area contributed by atoms with Gasteiger partial charge in [-0.1, -0.05) is 50.3 Å². The van der Waals surface area contributed by atoms with Crippen LogP contribution < -0.4 is 10.6 Å². The number of benzene rings is 1. The largest absolute Gasteiger partial charge is 0.480 e. The van der Waals surface area contributed by atoms with E-state index >= 15 is 0 Å². The Labute approximate surface area is 147 Å². The number of aliphatic carboxylic acids is 1. The van der Waals surface area contributed by atoms with Crippen LogP contribution in [0.5, 0.6) is 0 Å². The second-order valence-corrected chi connectivity index (χ2v) is 5.85. The van der Waals surface area contributed by atoms with Crippen LogP contribution in [0.3, 0.4) is 0 Å². The van der Waals surface area contributed by atoms with Crippen molar-refractivity contribution in [1.29, 1.82) is 0 Å². The van der Waals surface area contributed by atoms with Gasteiger partial charge in [0.05, 0.1) is 0 Å². The van der Waals surface area contributed by atoms with Crippen LogP contribution in [0.2, 0.25) is 0 Å². The Bertz CT molecular complexity index is 601. The first kappa shape index (κ1) is 20.2. The summed E-state index contributed by atoms with van der Waals surface area (Å²) in [6.07, 6.45) is 0.753. The molecule has 3 N–H and O–H groups in total. The van der Waals surface area contributed by atoms with Gasteiger partial charge in [0.2, 0.25) is 5.91 Å². The standard InChI is InChI=1S/C18H24N2O5/c1-4-8-14(17(22)23)19-16(21)15(12(2)3)20-18(24)25-11-13-9-6-5-7-10-13/h4-7,9-10,12,14-15H,1,8,11H2,2-3H3,(H,19,21)(H,20,24)(H,22,23)/t14-,15+/m0/s1. The molecule has 0 aliphatic heterocycles. The number of alkyl carbamates (subject to hydrolysis) is 1. The lowest BCUT2D eigenvalue weighted by Gasteiger charge is -2.23. The number of amides is 2. The van der Waals surface area contributed by atoms with E-state index in [9.17, 15) is 14.4 Å². The third-order valence-corrected chi connectivity index (χ3v) is 3.45. The second-order valence-electron chi connectivity index (χ2n) is 5.85. The molecule has 1 rings (SSSR count). The summed E-state index contributed by atoms with van der Waals surface area (Å²) < 4.78 is 5.10. The molecule has 2 atom stereocenters. The van der Waals surface area contributed by atoms with E-state index in [1.807, 2.05) is 30.3 Å². The van der Waals surface area contributed by atoms with E-state index in [1.54, 1.807) is 13.8 Å². The molecule has 2 amide bonds. The zero-order valence-electron chi connectivity index (χ0n) is 14.4. The maximum atomic E-state index is 12.3. The highest BCUT2D eigenvalue weighted by Crippen LogP contribution is 2.06. The van der Waals surface area contributed by atoms with Gasteiger partial charge in [0, 0.05) is 0 Å². The van der Waals surface area contributed by atoms with E-state index in [0.717, 1.165) is 5.56 Å². The number of carbonyl (C=O) groups excluding carboxylic acids is 2. The number of carbonyl (C=O) groups is 3. The fourth-order valence-electron chi connectivity index (χ4n) is 2.08. The topological polar surface area (TPSA) is 105 Å². The number of rotatable bonds is 9. The maximum Gasteiger partial charge on any atom is 0.408 e. The van der Waals surface area contributed by atoms with E-state index < -0.39 is 30.1 Å². The van der Waals surface area contributed by atoms with Crippen LogP contribution in [0.1, 0.15) is 25.8 Å². The molecule has 0 aliphatic carbocycles. The minimum absolute atomic E-state index is 0.0767. The van der Waals surface area contributed by atoms with Crippen molar-refractivity contribution in [2.24, 2.45) is 5.92 Å². The number of hydrogen-bond acceptors (Lipinski definition) is 4. The Morgan fingerprint density at radius 3 is 2.36 bits per heavy atom. The summed E-state index contributed by atoms with van der Waals surface area (Å²) in [4.78, 5) is 35.4. The first-order valence-electron chi connectivity index (χ1n) is 7.96. The Morgan fingerprint density at radius 2 is 1.84 bits per heavy atom. The zero-order valence-corrected chi connectivity index (χ0v) is 14.4. The third kappa shape index (κ3) is 7.07. The maximum absolute atomic E-state index is 12.3. The predicted molar refractivity (Wildman–Crippen MR) is 92.8 cm³/mol. The molecule has 0 heterocycles. The molecule has 1 aromatic carbocycles. The van der Waals surface area contributed by atoms with E-state index in [2.05, 4.69) is 17.2 Å². The molecule has 0 spiro atoms. The van der Waals surface area contributed by atoms with Crippen LogP contribution in [0.25, 0.3) is 0 Å². The molecule has 0 saturated heterocycles. The molecule has 0 aromatic heterocycles. The molecule has 7 heteroatoms. The van der Waals surface area contributed by atoms with Gasteiger partial charge in [0.15, 0.2) is 0 Å². The van der Waals surface area contributed by atoms with Crippen LogP contribution >= 0.6 is 0 Å². The Hall–Kier alpha value is -2.83. The van der Waals surface area contributed by atoms with Crippen LogP contribution in [-0.4, -0.2) is 35.2 Å². The summed E-state index contributed by atoms with van der Waals surface area (Å²) in [5.41, 5.74) is 0.820. The molecule has 7 nitrogen and oxygen atoms in total. The highest BCUT2D eigenvalue weighted by Gasteiger charge is 2.28. The number of nitrogens with one attached hydrogen (secondary N) is 2. The summed E-state index contributed by atoms with van der Waals surface area (Å²) in [5, 5.41) is 14.0. The van der Waals surface area contributed by atoms with Gasteiger partial charge in [-0.2, -0.15) is 0 Å². The minimum Gasteiger partial charge on any atom is -0.480 e. The van der Waals surface area contributed by atoms with Crippen LogP contribution in [0, 0.1) is 5.92 Å². The van der Waals surface area contributed by atoms with Crippen molar-refractivity contribution in [3.05, 3.63) is 48.6 Å². The molecule has 0 unspecified atom stereocenters. The van der Waals surface area contributed by atoms with Gasteiger partial charge in [-0.3, -0.25) is 4.79 Å². The smallest absolute Gasteiger partial charge is 0.408 e. The van der Waals surface area contributed by atoms with Gasteiger partial charge in [-0.15, -0.1) is 6.58 Å². The number of ether oxygens (including phenoxy) is 1. The summed E-state index contributed by atoms with van der Waals surface area (Å²) in [6, 6.07) is 7.13. The molecule has 1 aromatic rings. The molecule has 0 radical (unpaired) electrons. The van der Waals surface area contributed by atoms with Gasteiger partial charge < -0.3 is 20.5 Å². The third-order valence-electron chi connectivity index (χ3n) is 3.45. The van der Waals surface area contributed by atoms with Crippen LogP contribution in [0.4, 0.5) is 4.79 Å². The van der Waals surface area contributed by atoms with Gasteiger partial charge in [-0.05, 0) is 17.9 Å². The summed E-state index contributed by atoms with van der Waals surface area (Å²) >= 11 is 0. The fourth-order valence-corrected chi connectivity index (χ4v) is 2.08. The van der Waals surface area contributed by atoms with Crippen molar-refractivity contribution < 1.29 is 24.2 Å². The fraction of sp³-hybridized carbons (Fsp3) is 0.389. The van der Waals surface area contributed by atoms with Crippen molar-refractivity contribution in [2.45, 2.75) is 39.0 Å². The lowest BCUT2D eigenvalue weighted by molar-refractivity contribution is -0.142. The minimum atomic E-state index is -1.16. The lowest BCUT2D eigenvalue weighted by Crippen LogP contribution is -2.53. The van der Waals surface area contributed by atoms with Crippen molar-refractivity contribution in [3.8, 4) is 0 Å². The first-order valence-corrected chi connectivity index (χ1v) is 7.96. The van der Waals surface area contributed by atoms with Crippen molar-refractivity contribution in [3.63, 3.8) is 0 Å². The van der Waals surface area contributed by atoms with E-state index in [0.29, 0.717) is 0 Å². The zero-order chi connectivity index (χ0) is 18.8. The molecular weight excluding hydrogens is 324 g/mol. The van der Waals surface area contributed by atoms with Crippen molar-refractivity contribution >= 4 is 18.0 Å². The van der Waals surface area contributed by atoms with Crippen molar-refractivity contribution in [1.82, 2.24) is 10.6 Å². The second kappa shape index (κ2) is 10.1. The summed E-state index contributed by atoms with van der Waals surface area (Å²) in [6.45, 7) is 7.03. The quantitative estimate of drug-likeness (QED) is 0.593. The van der Waals surface area contributed by atoms with E-state index in [-0.39, 0.29) is 18.9 Å². The average molecular weight is 348 g/mol. The number of carboxylic acids is 1. The van der Waals surface area contributed by atoms with Gasteiger partial charge in [0.25, 0.3) is 0 Å². The number of hydrogen-bond donors (Lipinski definition) is 3. The summed E-state index contributed by atoms with van der Waals surface area (Å²) in [5.74, 6) is -1.99. The van der Waals surface area contributed by atoms with Crippen molar-refractivity contribution in [2.75, 3.05) is 0 Å². The lowest BCUT2D eigenvalue weighted by atomic mass is 10.0. The van der Waals surface area contributed by atoms with Crippen LogP contribution in [0.15, 0.2) is 43.0 Å². The molecule has 136 valence electrons. The van der Waals surface area contributed by atoms with Gasteiger partial charge in [-0.25, -0.2) is 9.59 Å². The SMILES string of the molecule is C=CC[C@H](NC(=O)[C@H](NC(=O)OCc1ccccc1)C(C)C)C(=O)O. The molecular formula is C18H24N2O5. The van der Waals surface area contributed by atoms with Gasteiger partial charge >= 0.3 is 12.1 Å². The Balaban J connectivity index is 2.62. The highest BCUT2D eigenvalue weighted by atomic mass is 16.5. The molecule has 0 bridgehead atoms. The Morgan fingerprint density at radius 1 is 1.20 bits per heavy atom. The molecule has 0 fully saturated rings.